The largest absolute Gasteiger partial charge is 0.462 e. The van der Waals surface area contributed by atoms with Crippen molar-refractivity contribution in [2.24, 2.45) is 23.2 Å². The molecule has 3 aromatic rings. The average molecular weight is 645 g/mol. The number of thiophene rings is 1. The van der Waals surface area contributed by atoms with Crippen LogP contribution < -0.4 is 5.32 Å². The van der Waals surface area contributed by atoms with Crippen molar-refractivity contribution < 1.29 is 23.9 Å². The second kappa shape index (κ2) is 12.2. The van der Waals surface area contributed by atoms with Crippen molar-refractivity contribution in [2.45, 2.75) is 88.4 Å². The maximum Gasteiger partial charge on any atom is 0.338 e. The fourth-order valence-electron chi connectivity index (χ4n) is 8.49. The molecule has 1 saturated heterocycles. The molecule has 2 bridgehead atoms. The summed E-state index contributed by atoms with van der Waals surface area (Å²) in [5.74, 6) is 2.01. The van der Waals surface area contributed by atoms with Crippen molar-refractivity contribution >= 4 is 56.9 Å². The highest BCUT2D eigenvalue weighted by Crippen LogP contribution is 2.52. The van der Waals surface area contributed by atoms with Crippen molar-refractivity contribution in [1.82, 2.24) is 10.2 Å². The van der Waals surface area contributed by atoms with Gasteiger partial charge in [0, 0.05) is 44.2 Å². The van der Waals surface area contributed by atoms with E-state index >= 15 is 0 Å². The molecule has 2 aliphatic heterocycles. The highest BCUT2D eigenvalue weighted by atomic mass is 32.2. The van der Waals surface area contributed by atoms with Crippen LogP contribution in [0.2, 0.25) is 0 Å². The van der Waals surface area contributed by atoms with Gasteiger partial charge in [-0.2, -0.15) is 0 Å². The number of ether oxygens (including phenoxy) is 1. The number of imide groups is 1. The second-order valence-corrected chi connectivity index (χ2v) is 16.0. The molecule has 7 nitrogen and oxygen atoms in total. The number of nitrogens with zero attached hydrogens (tertiary/aromatic N) is 1. The third-order valence-electron chi connectivity index (χ3n) is 10.6. The Morgan fingerprint density at radius 3 is 2.64 bits per heavy atom. The van der Waals surface area contributed by atoms with Crippen LogP contribution in [0.15, 0.2) is 47.4 Å². The summed E-state index contributed by atoms with van der Waals surface area (Å²) in [6.45, 7) is 5.52. The van der Waals surface area contributed by atoms with Gasteiger partial charge < -0.3 is 9.64 Å². The van der Waals surface area contributed by atoms with Crippen LogP contribution in [0.25, 0.3) is 10.1 Å². The minimum absolute atomic E-state index is 0.112. The van der Waals surface area contributed by atoms with E-state index in [4.69, 9.17) is 4.74 Å². The molecule has 236 valence electrons. The Morgan fingerprint density at radius 2 is 1.89 bits per heavy atom. The maximum atomic E-state index is 13.2. The Labute approximate surface area is 272 Å². The molecule has 9 heteroatoms. The maximum absolute atomic E-state index is 13.2. The predicted molar refractivity (Wildman–Crippen MR) is 176 cm³/mol. The van der Waals surface area contributed by atoms with E-state index in [0.717, 1.165) is 50.5 Å². The predicted octanol–water partition coefficient (Wildman–Crippen LogP) is 7.35. The summed E-state index contributed by atoms with van der Waals surface area (Å²) in [6.07, 6.45) is 7.97. The zero-order valence-electron chi connectivity index (χ0n) is 25.9. The van der Waals surface area contributed by atoms with Crippen LogP contribution in [-0.2, 0) is 26.6 Å². The molecule has 7 rings (SSSR count). The summed E-state index contributed by atoms with van der Waals surface area (Å²) in [4.78, 5) is 54.3. The minimum Gasteiger partial charge on any atom is -0.462 e. The second-order valence-electron chi connectivity index (χ2n) is 13.8. The third kappa shape index (κ3) is 6.06. The van der Waals surface area contributed by atoms with Crippen molar-refractivity contribution in [3.63, 3.8) is 0 Å². The van der Waals surface area contributed by atoms with Gasteiger partial charge in [0.05, 0.1) is 12.2 Å². The summed E-state index contributed by atoms with van der Waals surface area (Å²) in [5.41, 5.74) is 2.27. The summed E-state index contributed by atoms with van der Waals surface area (Å²) < 4.78 is 7.14. The van der Waals surface area contributed by atoms with Gasteiger partial charge >= 0.3 is 5.97 Å². The number of esters is 1. The fourth-order valence-corrected chi connectivity index (χ4v) is 10.6. The lowest BCUT2D eigenvalue weighted by molar-refractivity contribution is -0.136. The van der Waals surface area contributed by atoms with E-state index in [2.05, 4.69) is 25.2 Å². The molecule has 3 unspecified atom stereocenters. The first kappa shape index (κ1) is 30.5. The number of carbonyl (C=O) groups excluding carboxylic acids is 4. The highest BCUT2D eigenvalue weighted by Gasteiger charge is 2.44. The van der Waals surface area contributed by atoms with Gasteiger partial charge in [-0.15, -0.1) is 23.1 Å². The molecule has 3 amide bonds. The molecular formula is C36H40N2O5S2. The first-order chi connectivity index (χ1) is 21.7. The van der Waals surface area contributed by atoms with Gasteiger partial charge in [-0.25, -0.2) is 4.79 Å². The first-order valence-corrected chi connectivity index (χ1v) is 18.1. The molecule has 0 spiro atoms. The lowest BCUT2D eigenvalue weighted by Crippen LogP contribution is -2.52. The zero-order chi connectivity index (χ0) is 31.3. The van der Waals surface area contributed by atoms with Crippen molar-refractivity contribution in [2.75, 3.05) is 6.61 Å². The number of nitrogens with one attached hydrogen (secondary N) is 1. The Balaban J connectivity index is 0.997. The fraction of sp³-hybridized carbons (Fsp3) is 0.500. The molecule has 3 atom stereocenters. The smallest absolute Gasteiger partial charge is 0.338 e. The number of hydrogen-bond donors (Lipinski definition) is 1. The Morgan fingerprint density at radius 1 is 1.09 bits per heavy atom. The van der Waals surface area contributed by atoms with Crippen molar-refractivity contribution in [1.29, 1.82) is 0 Å². The van der Waals surface area contributed by atoms with E-state index in [9.17, 15) is 19.2 Å². The molecule has 3 fully saturated rings. The first-order valence-electron chi connectivity index (χ1n) is 16.3. The summed E-state index contributed by atoms with van der Waals surface area (Å²) in [7, 11) is 0. The van der Waals surface area contributed by atoms with E-state index in [1.54, 1.807) is 28.0 Å². The number of piperidine rings is 1. The number of hydrogen-bond acceptors (Lipinski definition) is 7. The molecule has 45 heavy (non-hydrogen) atoms. The molecule has 2 saturated carbocycles. The zero-order valence-corrected chi connectivity index (χ0v) is 27.6. The molecule has 3 heterocycles. The van der Waals surface area contributed by atoms with Crippen molar-refractivity contribution in [3.8, 4) is 0 Å². The summed E-state index contributed by atoms with van der Waals surface area (Å²) in [6, 6.07) is 13.1. The number of fused-ring (bicyclic) bond motifs is 4. The molecule has 2 aliphatic carbocycles. The Hall–Kier alpha value is -3.17. The SMILES string of the molecule is CCC1(COC(=O)c2ccc3sc(CSc4cccc5c4CN(C4CCC(=O)NC4=O)C5=O)cc3c2)CC2CC(C)CC(C2)C1. The number of thioether (sulfide) groups is 1. The van der Waals surface area contributed by atoms with Crippen LogP contribution >= 0.6 is 23.1 Å². The van der Waals surface area contributed by atoms with Crippen LogP contribution in [-0.4, -0.2) is 41.2 Å². The third-order valence-corrected chi connectivity index (χ3v) is 13.0. The van der Waals surface area contributed by atoms with Crippen LogP contribution in [0, 0.1) is 23.2 Å². The monoisotopic (exact) mass is 644 g/mol. The van der Waals surface area contributed by atoms with E-state index in [-0.39, 0.29) is 29.6 Å². The topological polar surface area (TPSA) is 92.8 Å². The highest BCUT2D eigenvalue weighted by molar-refractivity contribution is 7.98. The van der Waals surface area contributed by atoms with Crippen LogP contribution in [0.5, 0.6) is 0 Å². The lowest BCUT2D eigenvalue weighted by atomic mass is 9.58. The van der Waals surface area contributed by atoms with Crippen LogP contribution in [0.1, 0.15) is 96.4 Å². The van der Waals surface area contributed by atoms with Crippen molar-refractivity contribution in [3.05, 3.63) is 64.0 Å². The van der Waals surface area contributed by atoms with Gasteiger partial charge in [0.2, 0.25) is 11.8 Å². The normalized spacial score (nSPS) is 27.9. The van der Waals surface area contributed by atoms with E-state index in [0.29, 0.717) is 30.7 Å². The minimum atomic E-state index is -0.623. The summed E-state index contributed by atoms with van der Waals surface area (Å²) >= 11 is 3.38. The average Bonchev–Trinajstić information content (AvgIpc) is 3.58. The van der Waals surface area contributed by atoms with E-state index < -0.39 is 11.9 Å². The number of rotatable bonds is 8. The van der Waals surface area contributed by atoms with Gasteiger partial charge in [-0.1, -0.05) is 19.9 Å². The lowest BCUT2D eigenvalue weighted by Gasteiger charge is -2.48. The number of carbonyl (C=O) groups is 4. The molecule has 0 radical (unpaired) electrons. The van der Waals surface area contributed by atoms with Crippen LogP contribution in [0.4, 0.5) is 0 Å². The Bertz CT molecular complexity index is 1660. The molecule has 1 aromatic heterocycles. The summed E-state index contributed by atoms with van der Waals surface area (Å²) in [5, 5.41) is 3.40. The van der Waals surface area contributed by atoms with Gasteiger partial charge in [-0.3, -0.25) is 19.7 Å². The van der Waals surface area contributed by atoms with Gasteiger partial charge in [0.15, 0.2) is 0 Å². The van der Waals surface area contributed by atoms with E-state index in [1.807, 2.05) is 36.4 Å². The quantitative estimate of drug-likeness (QED) is 0.157. The number of amides is 3. The Kier molecular flexibility index (Phi) is 8.27. The number of benzene rings is 2. The molecule has 2 aromatic carbocycles. The van der Waals surface area contributed by atoms with Gasteiger partial charge in [0.1, 0.15) is 6.04 Å². The van der Waals surface area contributed by atoms with Gasteiger partial charge in [0.25, 0.3) is 5.91 Å². The van der Waals surface area contributed by atoms with Gasteiger partial charge in [-0.05, 0) is 110 Å². The van der Waals surface area contributed by atoms with Crippen LogP contribution in [0.3, 0.4) is 0 Å². The molecule has 1 N–H and O–H groups in total. The van der Waals surface area contributed by atoms with E-state index in [1.165, 1.54) is 37.0 Å². The standard InChI is InChI=1S/C36H40N2O5S2/c1-3-36(16-22-11-21(2)12-23(13-22)17-36)20-43-35(42)24-7-9-30-25(14-24)15-26(45-30)19-44-31-6-4-5-27-28(31)18-38(34(27)41)29-8-10-32(39)37-33(29)40/h4-7,9,14-15,21-23,29H,3,8,10-13,16-20H2,1-2H3,(H,37,39,40). The molecule has 4 aliphatic rings. The molecular weight excluding hydrogens is 605 g/mol.